The fourth-order valence-electron chi connectivity index (χ4n) is 4.41. The monoisotopic (exact) mass is 476 g/mol. The fourth-order valence-corrected chi connectivity index (χ4v) is 4.41. The Morgan fingerprint density at radius 1 is 1.00 bits per heavy atom. The quantitative estimate of drug-likeness (QED) is 0.541. The molecule has 2 aromatic carbocycles. The van der Waals surface area contributed by atoms with Crippen LogP contribution in [0, 0.1) is 0 Å². The van der Waals surface area contributed by atoms with Crippen LogP contribution in [0.25, 0.3) is 11.3 Å². The average Bonchev–Trinajstić information content (AvgIpc) is 3.37. The van der Waals surface area contributed by atoms with Gasteiger partial charge in [-0.25, -0.2) is 4.68 Å². The average molecular weight is 477 g/mol. The van der Waals surface area contributed by atoms with Crippen LogP contribution in [-0.2, 0) is 11.3 Å². The predicted molar refractivity (Wildman–Crippen MR) is 130 cm³/mol. The van der Waals surface area contributed by atoms with Crippen LogP contribution < -0.4 is 19.8 Å². The first-order valence-electron chi connectivity index (χ1n) is 11.7. The molecular formula is C26H28N4O5. The summed E-state index contributed by atoms with van der Waals surface area (Å²) in [5.74, 6) is 2.19. The number of ether oxygens (including phenoxy) is 3. The van der Waals surface area contributed by atoms with Gasteiger partial charge in [-0.1, -0.05) is 6.07 Å². The molecule has 0 spiro atoms. The van der Waals surface area contributed by atoms with E-state index >= 15 is 0 Å². The maximum absolute atomic E-state index is 13.2. The highest BCUT2D eigenvalue weighted by molar-refractivity contribution is 5.80. The van der Waals surface area contributed by atoms with Gasteiger partial charge in [0.1, 0.15) is 11.8 Å². The Kier molecular flexibility index (Phi) is 6.41. The zero-order valence-electron chi connectivity index (χ0n) is 19.8. The van der Waals surface area contributed by atoms with E-state index in [1.165, 1.54) is 10.7 Å². The van der Waals surface area contributed by atoms with Crippen LogP contribution in [0.2, 0.25) is 0 Å². The second kappa shape index (κ2) is 9.79. The summed E-state index contributed by atoms with van der Waals surface area (Å²) in [6, 6.07) is 15.9. The van der Waals surface area contributed by atoms with Gasteiger partial charge < -0.3 is 19.1 Å². The van der Waals surface area contributed by atoms with Crippen LogP contribution in [-0.4, -0.2) is 65.6 Å². The van der Waals surface area contributed by atoms with Crippen molar-refractivity contribution in [1.82, 2.24) is 19.6 Å². The van der Waals surface area contributed by atoms with Crippen molar-refractivity contribution in [3.8, 4) is 28.5 Å². The van der Waals surface area contributed by atoms with Gasteiger partial charge >= 0.3 is 0 Å². The summed E-state index contributed by atoms with van der Waals surface area (Å²) < 4.78 is 17.3. The Morgan fingerprint density at radius 3 is 2.49 bits per heavy atom. The largest absolute Gasteiger partial charge is 0.497 e. The number of benzene rings is 2. The molecule has 1 unspecified atom stereocenters. The topological polar surface area (TPSA) is 86.1 Å². The van der Waals surface area contributed by atoms with Gasteiger partial charge in [0.15, 0.2) is 11.5 Å². The first kappa shape index (κ1) is 22.9. The molecule has 0 radical (unpaired) electrons. The van der Waals surface area contributed by atoms with E-state index in [1.54, 1.807) is 20.1 Å². The van der Waals surface area contributed by atoms with E-state index in [9.17, 15) is 9.59 Å². The molecule has 1 fully saturated rings. The molecule has 35 heavy (non-hydrogen) atoms. The van der Waals surface area contributed by atoms with Gasteiger partial charge in [0.25, 0.3) is 5.56 Å². The van der Waals surface area contributed by atoms with E-state index in [1.807, 2.05) is 47.4 Å². The SMILES string of the molecule is COc1ccc(-c2ccc(=O)n(C(C)C(=O)N3CCN(Cc4ccc5c(c4)OCO5)CC3)n2)cc1. The molecule has 3 aromatic rings. The lowest BCUT2D eigenvalue weighted by Crippen LogP contribution is -2.50. The third kappa shape index (κ3) is 4.85. The molecule has 0 aliphatic carbocycles. The summed E-state index contributed by atoms with van der Waals surface area (Å²) >= 11 is 0. The summed E-state index contributed by atoms with van der Waals surface area (Å²) in [4.78, 5) is 29.9. The number of hydrogen-bond acceptors (Lipinski definition) is 7. The molecular weight excluding hydrogens is 448 g/mol. The molecule has 0 saturated carbocycles. The molecule has 1 amide bonds. The van der Waals surface area contributed by atoms with Gasteiger partial charge in [-0.15, -0.1) is 0 Å². The highest BCUT2D eigenvalue weighted by Crippen LogP contribution is 2.33. The van der Waals surface area contributed by atoms with Crippen LogP contribution in [0.3, 0.4) is 0 Å². The van der Waals surface area contributed by atoms with E-state index < -0.39 is 6.04 Å². The van der Waals surface area contributed by atoms with Gasteiger partial charge in [0.05, 0.1) is 12.8 Å². The molecule has 0 bridgehead atoms. The summed E-state index contributed by atoms with van der Waals surface area (Å²) in [7, 11) is 1.61. The normalized spacial score (nSPS) is 16.2. The molecule has 3 heterocycles. The molecule has 2 aliphatic rings. The zero-order chi connectivity index (χ0) is 24.4. The van der Waals surface area contributed by atoms with Crippen molar-refractivity contribution in [3.63, 3.8) is 0 Å². The van der Waals surface area contributed by atoms with Crippen molar-refractivity contribution in [2.75, 3.05) is 40.1 Å². The Bertz CT molecular complexity index is 1270. The number of aromatic nitrogens is 2. The maximum atomic E-state index is 13.2. The Morgan fingerprint density at radius 2 is 1.74 bits per heavy atom. The summed E-state index contributed by atoms with van der Waals surface area (Å²) in [5.41, 5.74) is 2.31. The van der Waals surface area contributed by atoms with E-state index in [-0.39, 0.29) is 18.3 Å². The standard InChI is InChI=1S/C26H28N4O5/c1-18(30-25(31)10-8-22(27-30)20-4-6-21(33-2)7-5-20)26(32)29-13-11-28(12-14-29)16-19-3-9-23-24(15-19)35-17-34-23/h3-10,15,18H,11-14,16-17H2,1-2H3. The van der Waals surface area contributed by atoms with Crippen molar-refractivity contribution in [2.24, 2.45) is 0 Å². The lowest BCUT2D eigenvalue weighted by molar-refractivity contribution is -0.136. The molecule has 9 nitrogen and oxygen atoms in total. The van der Waals surface area contributed by atoms with Crippen LogP contribution in [0.5, 0.6) is 17.2 Å². The number of piperazine rings is 1. The van der Waals surface area contributed by atoms with Crippen LogP contribution >= 0.6 is 0 Å². The Hall–Kier alpha value is -3.85. The number of methoxy groups -OCH3 is 1. The molecule has 0 N–H and O–H groups in total. The predicted octanol–water partition coefficient (Wildman–Crippen LogP) is 2.55. The molecule has 182 valence electrons. The molecule has 5 rings (SSSR count). The zero-order valence-corrected chi connectivity index (χ0v) is 19.8. The minimum atomic E-state index is -0.693. The first-order chi connectivity index (χ1) is 17.0. The summed E-state index contributed by atoms with van der Waals surface area (Å²) in [6.45, 7) is 5.47. The lowest BCUT2D eigenvalue weighted by Gasteiger charge is -2.36. The number of nitrogens with zero attached hydrogens (tertiary/aromatic N) is 4. The number of amides is 1. The molecule has 1 aromatic heterocycles. The van der Waals surface area contributed by atoms with Crippen molar-refractivity contribution < 1.29 is 19.0 Å². The van der Waals surface area contributed by atoms with E-state index in [2.05, 4.69) is 10.00 Å². The van der Waals surface area contributed by atoms with E-state index in [0.29, 0.717) is 18.8 Å². The van der Waals surface area contributed by atoms with Gasteiger partial charge in [0.2, 0.25) is 12.7 Å². The van der Waals surface area contributed by atoms with Gasteiger partial charge in [-0.3, -0.25) is 14.5 Å². The molecule has 1 saturated heterocycles. The van der Waals surface area contributed by atoms with Gasteiger partial charge in [-0.2, -0.15) is 5.10 Å². The Balaban J connectivity index is 1.22. The second-order valence-electron chi connectivity index (χ2n) is 8.69. The minimum Gasteiger partial charge on any atom is -0.497 e. The number of carbonyl (C=O) groups is 1. The highest BCUT2D eigenvalue weighted by atomic mass is 16.7. The molecule has 2 aliphatic heterocycles. The third-order valence-electron chi connectivity index (χ3n) is 6.46. The van der Waals surface area contributed by atoms with Crippen molar-refractivity contribution in [3.05, 3.63) is 70.5 Å². The van der Waals surface area contributed by atoms with Crippen LogP contribution in [0.15, 0.2) is 59.4 Å². The van der Waals surface area contributed by atoms with E-state index in [0.717, 1.165) is 48.0 Å². The van der Waals surface area contributed by atoms with Crippen molar-refractivity contribution >= 4 is 5.91 Å². The minimum absolute atomic E-state index is 0.103. The first-order valence-corrected chi connectivity index (χ1v) is 11.7. The summed E-state index contributed by atoms with van der Waals surface area (Å²) in [5, 5.41) is 4.50. The molecule has 1 atom stereocenters. The number of rotatable bonds is 6. The van der Waals surface area contributed by atoms with Crippen molar-refractivity contribution in [2.45, 2.75) is 19.5 Å². The lowest BCUT2D eigenvalue weighted by atomic mass is 10.1. The third-order valence-corrected chi connectivity index (χ3v) is 6.46. The summed E-state index contributed by atoms with van der Waals surface area (Å²) in [6.07, 6.45) is 0. The fraction of sp³-hybridized carbons (Fsp3) is 0.346. The highest BCUT2D eigenvalue weighted by Gasteiger charge is 2.27. The van der Waals surface area contributed by atoms with Crippen molar-refractivity contribution in [1.29, 1.82) is 0 Å². The molecule has 9 heteroatoms. The Labute approximate surface area is 203 Å². The number of carbonyl (C=O) groups excluding carboxylic acids is 1. The van der Waals surface area contributed by atoms with Gasteiger partial charge in [0, 0.05) is 44.4 Å². The smallest absolute Gasteiger partial charge is 0.267 e. The number of fused-ring (bicyclic) bond motifs is 1. The van der Waals surface area contributed by atoms with E-state index in [4.69, 9.17) is 14.2 Å². The van der Waals surface area contributed by atoms with Gasteiger partial charge in [-0.05, 0) is 55.0 Å². The number of hydrogen-bond donors (Lipinski definition) is 0. The van der Waals surface area contributed by atoms with Crippen LogP contribution in [0.1, 0.15) is 18.5 Å². The second-order valence-corrected chi connectivity index (χ2v) is 8.69. The maximum Gasteiger partial charge on any atom is 0.267 e. The van der Waals surface area contributed by atoms with Crippen LogP contribution in [0.4, 0.5) is 0 Å².